The Bertz CT molecular complexity index is 1070. The van der Waals surface area contributed by atoms with Gasteiger partial charge in [-0.05, 0) is 42.8 Å². The number of anilines is 1. The monoisotopic (exact) mass is 345 g/mol. The Labute approximate surface area is 149 Å². The molecule has 0 aliphatic carbocycles. The fourth-order valence-corrected chi connectivity index (χ4v) is 3.28. The topological polar surface area (TPSA) is 75.8 Å². The summed E-state index contributed by atoms with van der Waals surface area (Å²) >= 11 is 0. The van der Waals surface area contributed by atoms with Gasteiger partial charge in [0, 0.05) is 41.2 Å². The number of carbonyl (C=O) groups is 1. The van der Waals surface area contributed by atoms with Crippen molar-refractivity contribution in [2.24, 2.45) is 4.99 Å². The van der Waals surface area contributed by atoms with Crippen molar-refractivity contribution in [1.82, 2.24) is 0 Å². The summed E-state index contributed by atoms with van der Waals surface area (Å²) in [4.78, 5) is 29.1. The summed E-state index contributed by atoms with van der Waals surface area (Å²) in [6.07, 6.45) is 1.67. The lowest BCUT2D eigenvalue weighted by Crippen LogP contribution is -2.25. The van der Waals surface area contributed by atoms with Crippen LogP contribution in [0.25, 0.3) is 10.8 Å². The first-order chi connectivity index (χ1) is 12.6. The quantitative estimate of drug-likeness (QED) is 0.397. The molecule has 128 valence electrons. The summed E-state index contributed by atoms with van der Waals surface area (Å²) in [5.41, 5.74) is 3.19. The van der Waals surface area contributed by atoms with Gasteiger partial charge in [0.05, 0.1) is 16.3 Å². The van der Waals surface area contributed by atoms with Gasteiger partial charge in [-0.1, -0.05) is 12.1 Å². The lowest BCUT2D eigenvalue weighted by atomic mass is 10.0. The zero-order valence-corrected chi connectivity index (χ0v) is 14.0. The van der Waals surface area contributed by atoms with E-state index in [1.807, 2.05) is 37.3 Å². The van der Waals surface area contributed by atoms with E-state index in [4.69, 9.17) is 0 Å². The van der Waals surface area contributed by atoms with Crippen LogP contribution in [0, 0.1) is 10.1 Å². The van der Waals surface area contributed by atoms with E-state index in [1.54, 1.807) is 23.2 Å². The van der Waals surface area contributed by atoms with Gasteiger partial charge >= 0.3 is 0 Å². The fourth-order valence-electron chi connectivity index (χ4n) is 3.28. The van der Waals surface area contributed by atoms with Gasteiger partial charge in [0.2, 0.25) is 0 Å². The molecule has 0 saturated carbocycles. The van der Waals surface area contributed by atoms with Crippen LogP contribution in [-0.2, 0) is 0 Å². The second-order valence-corrected chi connectivity index (χ2v) is 5.99. The number of non-ortho nitro benzene ring substituents is 1. The Kier molecular flexibility index (Phi) is 3.73. The van der Waals surface area contributed by atoms with Gasteiger partial charge in [0.25, 0.3) is 11.6 Å². The summed E-state index contributed by atoms with van der Waals surface area (Å²) in [6.45, 7) is 2.57. The second kappa shape index (κ2) is 6.07. The van der Waals surface area contributed by atoms with Crippen LogP contribution in [0.4, 0.5) is 17.1 Å². The fraction of sp³-hybridized carbons (Fsp3) is 0.100. The molecule has 3 aromatic carbocycles. The maximum atomic E-state index is 12.5. The average Bonchev–Trinajstić information content (AvgIpc) is 2.94. The average molecular weight is 345 g/mol. The van der Waals surface area contributed by atoms with Gasteiger partial charge in [-0.3, -0.25) is 19.9 Å². The highest BCUT2D eigenvalue weighted by Gasteiger charge is 2.29. The number of rotatable bonds is 4. The maximum Gasteiger partial charge on any atom is 0.269 e. The predicted molar refractivity (Wildman–Crippen MR) is 102 cm³/mol. The summed E-state index contributed by atoms with van der Waals surface area (Å²) in [5, 5.41) is 12.6. The molecule has 1 heterocycles. The van der Waals surface area contributed by atoms with Gasteiger partial charge in [-0.2, -0.15) is 0 Å². The van der Waals surface area contributed by atoms with Crippen molar-refractivity contribution in [1.29, 1.82) is 0 Å². The van der Waals surface area contributed by atoms with Gasteiger partial charge < -0.3 is 4.90 Å². The first-order valence-corrected chi connectivity index (χ1v) is 8.26. The lowest BCUT2D eigenvalue weighted by molar-refractivity contribution is -0.384. The van der Waals surface area contributed by atoms with Crippen LogP contribution in [-0.4, -0.2) is 23.6 Å². The van der Waals surface area contributed by atoms with E-state index in [9.17, 15) is 14.9 Å². The minimum atomic E-state index is -0.430. The molecule has 1 aliphatic rings. The minimum Gasteiger partial charge on any atom is -0.308 e. The van der Waals surface area contributed by atoms with E-state index in [2.05, 4.69) is 4.99 Å². The van der Waals surface area contributed by atoms with Crippen LogP contribution in [0.15, 0.2) is 59.6 Å². The van der Waals surface area contributed by atoms with Crippen molar-refractivity contribution >= 4 is 40.0 Å². The third kappa shape index (κ3) is 2.43. The molecule has 26 heavy (non-hydrogen) atoms. The molecule has 0 aromatic heterocycles. The van der Waals surface area contributed by atoms with E-state index in [0.29, 0.717) is 12.1 Å². The Hall–Kier alpha value is -3.54. The van der Waals surface area contributed by atoms with Crippen LogP contribution in [0.5, 0.6) is 0 Å². The van der Waals surface area contributed by atoms with Gasteiger partial charge in [0.1, 0.15) is 0 Å². The molecule has 3 aromatic rings. The molecule has 1 aliphatic heterocycles. The normalized spacial score (nSPS) is 13.1. The zero-order valence-electron chi connectivity index (χ0n) is 14.0. The summed E-state index contributed by atoms with van der Waals surface area (Å²) < 4.78 is 0. The molecular weight excluding hydrogens is 330 g/mol. The number of aliphatic imine (C=N–C) groups is 1. The standard InChI is InChI=1S/C20H15N3O3/c1-2-22-18-11-10-17(15-4-3-5-16(19(15)18)20(22)24)21-12-13-6-8-14(9-7-13)23(25)26/h3-12H,2H2,1H3. The molecule has 0 N–H and O–H groups in total. The zero-order chi connectivity index (χ0) is 18.3. The number of hydrogen-bond donors (Lipinski definition) is 0. The highest BCUT2D eigenvalue weighted by atomic mass is 16.6. The number of nitro benzene ring substituents is 1. The summed E-state index contributed by atoms with van der Waals surface area (Å²) in [7, 11) is 0. The molecule has 0 unspecified atom stereocenters. The first kappa shape index (κ1) is 16.0. The van der Waals surface area contributed by atoms with Crippen LogP contribution >= 0.6 is 0 Å². The summed E-state index contributed by atoms with van der Waals surface area (Å²) in [6, 6.07) is 15.7. The Morgan fingerprint density at radius 3 is 2.58 bits per heavy atom. The van der Waals surface area contributed by atoms with Gasteiger partial charge in [-0.25, -0.2) is 0 Å². The van der Waals surface area contributed by atoms with Crippen molar-refractivity contribution in [3.63, 3.8) is 0 Å². The van der Waals surface area contributed by atoms with E-state index < -0.39 is 4.92 Å². The minimum absolute atomic E-state index is 0.0181. The third-order valence-electron chi connectivity index (χ3n) is 4.53. The molecule has 0 radical (unpaired) electrons. The SMILES string of the molecule is CCN1C(=O)c2cccc3c(N=Cc4ccc([N+](=O)[O-])cc4)ccc1c23. The first-order valence-electron chi connectivity index (χ1n) is 8.26. The van der Waals surface area contributed by atoms with Crippen molar-refractivity contribution < 1.29 is 9.72 Å². The van der Waals surface area contributed by atoms with Crippen LogP contribution in [0.2, 0.25) is 0 Å². The van der Waals surface area contributed by atoms with Crippen LogP contribution < -0.4 is 4.90 Å². The van der Waals surface area contributed by atoms with E-state index in [1.165, 1.54) is 12.1 Å². The van der Waals surface area contributed by atoms with Gasteiger partial charge in [0.15, 0.2) is 0 Å². The van der Waals surface area contributed by atoms with Crippen molar-refractivity contribution in [3.8, 4) is 0 Å². The van der Waals surface area contributed by atoms with Crippen LogP contribution in [0.1, 0.15) is 22.8 Å². The number of hydrogen-bond acceptors (Lipinski definition) is 4. The summed E-state index contributed by atoms with van der Waals surface area (Å²) in [5.74, 6) is 0.0181. The second-order valence-electron chi connectivity index (χ2n) is 5.99. The van der Waals surface area contributed by atoms with E-state index >= 15 is 0 Å². The molecular formula is C20H15N3O3. The highest BCUT2D eigenvalue weighted by Crippen LogP contribution is 2.41. The smallest absolute Gasteiger partial charge is 0.269 e. The molecule has 4 rings (SSSR count). The molecule has 0 spiro atoms. The maximum absolute atomic E-state index is 12.5. The number of carbonyl (C=O) groups excluding carboxylic acids is 1. The van der Waals surface area contributed by atoms with Crippen LogP contribution in [0.3, 0.4) is 0 Å². The molecule has 0 fully saturated rings. The molecule has 0 saturated heterocycles. The molecule has 6 nitrogen and oxygen atoms in total. The largest absolute Gasteiger partial charge is 0.308 e. The number of nitrogens with zero attached hydrogens (tertiary/aromatic N) is 3. The van der Waals surface area contributed by atoms with Crippen molar-refractivity contribution in [2.75, 3.05) is 11.4 Å². The van der Waals surface area contributed by atoms with Crippen molar-refractivity contribution in [3.05, 3.63) is 75.8 Å². The predicted octanol–water partition coefficient (Wildman–Crippen LogP) is 4.48. The Balaban J connectivity index is 1.76. The Morgan fingerprint density at radius 1 is 1.12 bits per heavy atom. The number of amides is 1. The van der Waals surface area contributed by atoms with Crippen molar-refractivity contribution in [2.45, 2.75) is 6.92 Å². The highest BCUT2D eigenvalue weighted by molar-refractivity contribution is 6.26. The van der Waals surface area contributed by atoms with E-state index in [-0.39, 0.29) is 11.6 Å². The molecule has 1 amide bonds. The molecule has 0 bridgehead atoms. The van der Waals surface area contributed by atoms with Gasteiger partial charge in [-0.15, -0.1) is 0 Å². The lowest BCUT2D eigenvalue weighted by Gasteiger charge is -2.14. The third-order valence-corrected chi connectivity index (χ3v) is 4.53. The Morgan fingerprint density at radius 2 is 1.88 bits per heavy atom. The number of benzene rings is 3. The van der Waals surface area contributed by atoms with E-state index in [0.717, 1.165) is 27.7 Å². The molecule has 6 heteroatoms. The molecule has 0 atom stereocenters. The number of nitro groups is 1.